The minimum atomic E-state index is 0.180. The number of rotatable bonds is 11. The van der Waals surface area contributed by atoms with E-state index in [4.69, 9.17) is 17.4 Å². The van der Waals surface area contributed by atoms with Gasteiger partial charge in [0.2, 0.25) is 0 Å². The van der Waals surface area contributed by atoms with Crippen LogP contribution in [0.2, 0.25) is 5.15 Å². The summed E-state index contributed by atoms with van der Waals surface area (Å²) in [5.74, 6) is 5.63. The normalized spacial score (nSPS) is 12.6. The molecule has 1 heterocycles. The maximum Gasteiger partial charge on any atom is 0.129 e. The van der Waals surface area contributed by atoms with Crippen molar-refractivity contribution in [3.63, 3.8) is 0 Å². The molecule has 1 rings (SSSR count). The quantitative estimate of drug-likeness (QED) is 0.268. The molecule has 0 bridgehead atoms. The first-order valence-electron chi connectivity index (χ1n) is 7.85. The van der Waals surface area contributed by atoms with E-state index in [0.29, 0.717) is 5.15 Å². The number of hydrogen-bond acceptors (Lipinski definition) is 3. The van der Waals surface area contributed by atoms with Gasteiger partial charge in [-0.3, -0.25) is 11.3 Å². The number of hydrogen-bond donors (Lipinski definition) is 2. The second-order valence-electron chi connectivity index (χ2n) is 5.40. The third-order valence-corrected chi connectivity index (χ3v) is 3.92. The summed E-state index contributed by atoms with van der Waals surface area (Å²) in [6.45, 7) is 2.26. The molecule has 1 aromatic rings. The zero-order chi connectivity index (χ0) is 14.6. The van der Waals surface area contributed by atoms with Gasteiger partial charge < -0.3 is 0 Å². The van der Waals surface area contributed by atoms with Crippen molar-refractivity contribution in [3.05, 3.63) is 29.0 Å². The second-order valence-corrected chi connectivity index (χ2v) is 5.78. The van der Waals surface area contributed by atoms with E-state index in [9.17, 15) is 0 Å². The molecule has 0 radical (unpaired) electrons. The van der Waals surface area contributed by atoms with E-state index >= 15 is 0 Å². The zero-order valence-electron chi connectivity index (χ0n) is 12.6. The molecule has 0 saturated heterocycles. The van der Waals surface area contributed by atoms with Crippen molar-refractivity contribution < 1.29 is 0 Å². The first kappa shape index (κ1) is 17.4. The molecule has 0 aliphatic rings. The Hall–Kier alpha value is -0.640. The molecule has 3 nitrogen and oxygen atoms in total. The largest absolute Gasteiger partial charge is 0.271 e. The van der Waals surface area contributed by atoms with Gasteiger partial charge in [-0.2, -0.15) is 0 Å². The number of nitrogens with zero attached hydrogens (tertiary/aromatic N) is 1. The standard InChI is InChI=1S/C16H28ClN3/c1-2-3-4-5-6-7-8-9-10-15(20-18)14-11-12-16(17)19-13-14/h11-13,15,20H,2-10,18H2,1H3. The topological polar surface area (TPSA) is 50.9 Å². The number of hydrazine groups is 1. The molecule has 114 valence electrons. The highest BCUT2D eigenvalue weighted by Gasteiger charge is 2.09. The molecule has 1 aromatic heterocycles. The average molecular weight is 298 g/mol. The summed E-state index contributed by atoms with van der Waals surface area (Å²) in [4.78, 5) is 4.10. The lowest BCUT2D eigenvalue weighted by atomic mass is 10.0. The van der Waals surface area contributed by atoms with E-state index in [2.05, 4.69) is 17.3 Å². The minimum absolute atomic E-state index is 0.180. The monoisotopic (exact) mass is 297 g/mol. The molecule has 20 heavy (non-hydrogen) atoms. The Bertz CT molecular complexity index is 340. The first-order valence-corrected chi connectivity index (χ1v) is 8.23. The summed E-state index contributed by atoms with van der Waals surface area (Å²) in [5.41, 5.74) is 3.98. The lowest BCUT2D eigenvalue weighted by Gasteiger charge is -2.15. The number of halogens is 1. The molecule has 4 heteroatoms. The Kier molecular flexibility index (Phi) is 9.63. The number of nitrogens with two attached hydrogens (primary N) is 1. The predicted molar refractivity (Wildman–Crippen MR) is 86.5 cm³/mol. The van der Waals surface area contributed by atoms with Crippen molar-refractivity contribution >= 4 is 11.6 Å². The van der Waals surface area contributed by atoms with Gasteiger partial charge in [-0.1, -0.05) is 76.0 Å². The number of nitrogens with one attached hydrogen (secondary N) is 1. The average Bonchev–Trinajstić information content (AvgIpc) is 2.47. The highest BCUT2D eigenvalue weighted by atomic mass is 35.5. The molecule has 0 saturated carbocycles. The Morgan fingerprint density at radius 2 is 1.75 bits per heavy atom. The molecule has 1 atom stereocenters. The molecular formula is C16H28ClN3. The number of unbranched alkanes of at least 4 members (excludes halogenated alkanes) is 7. The molecule has 0 fully saturated rings. The van der Waals surface area contributed by atoms with Crippen molar-refractivity contribution in [2.24, 2.45) is 5.84 Å². The van der Waals surface area contributed by atoms with Crippen LogP contribution in [0, 0.1) is 0 Å². The van der Waals surface area contributed by atoms with Crippen LogP contribution < -0.4 is 11.3 Å². The SMILES string of the molecule is CCCCCCCCCCC(NN)c1ccc(Cl)nc1. The van der Waals surface area contributed by atoms with Crippen LogP contribution in [0.5, 0.6) is 0 Å². The Labute approximate surface area is 128 Å². The van der Waals surface area contributed by atoms with Gasteiger partial charge in [0.25, 0.3) is 0 Å². The number of aromatic nitrogens is 1. The summed E-state index contributed by atoms with van der Waals surface area (Å²) in [6.07, 6.45) is 13.5. The summed E-state index contributed by atoms with van der Waals surface area (Å²) < 4.78 is 0. The highest BCUT2D eigenvalue weighted by molar-refractivity contribution is 6.29. The van der Waals surface area contributed by atoms with E-state index < -0.39 is 0 Å². The van der Waals surface area contributed by atoms with Crippen LogP contribution in [0.15, 0.2) is 18.3 Å². The highest BCUT2D eigenvalue weighted by Crippen LogP contribution is 2.20. The predicted octanol–water partition coefficient (Wildman–Crippen LogP) is 4.77. The van der Waals surface area contributed by atoms with Crippen molar-refractivity contribution in [2.45, 2.75) is 70.8 Å². The fourth-order valence-corrected chi connectivity index (χ4v) is 2.53. The van der Waals surface area contributed by atoms with Crippen molar-refractivity contribution in [1.29, 1.82) is 0 Å². The van der Waals surface area contributed by atoms with Crippen LogP contribution in [-0.2, 0) is 0 Å². The fraction of sp³-hybridized carbons (Fsp3) is 0.688. The molecule has 0 amide bonds. The molecule has 0 spiro atoms. The number of pyridine rings is 1. The maximum absolute atomic E-state index is 5.79. The summed E-state index contributed by atoms with van der Waals surface area (Å²) in [6, 6.07) is 3.99. The van der Waals surface area contributed by atoms with Crippen LogP contribution in [0.25, 0.3) is 0 Å². The van der Waals surface area contributed by atoms with Crippen LogP contribution in [-0.4, -0.2) is 4.98 Å². The zero-order valence-corrected chi connectivity index (χ0v) is 13.3. The van der Waals surface area contributed by atoms with Gasteiger partial charge in [0, 0.05) is 12.2 Å². The molecule has 1 unspecified atom stereocenters. The van der Waals surface area contributed by atoms with Crippen LogP contribution in [0.4, 0.5) is 0 Å². The van der Waals surface area contributed by atoms with Crippen molar-refractivity contribution in [1.82, 2.24) is 10.4 Å². The third-order valence-electron chi connectivity index (χ3n) is 3.70. The molecule has 0 aromatic carbocycles. The molecule has 0 aliphatic heterocycles. The fourth-order valence-electron chi connectivity index (χ4n) is 2.42. The third kappa shape index (κ3) is 7.22. The van der Waals surface area contributed by atoms with E-state index in [1.54, 1.807) is 6.20 Å². The van der Waals surface area contributed by atoms with E-state index in [1.807, 2.05) is 12.1 Å². The van der Waals surface area contributed by atoms with Gasteiger partial charge >= 0.3 is 0 Å². The summed E-state index contributed by atoms with van der Waals surface area (Å²) >= 11 is 5.79. The van der Waals surface area contributed by atoms with Gasteiger partial charge in [0.1, 0.15) is 5.15 Å². The van der Waals surface area contributed by atoms with E-state index in [0.717, 1.165) is 12.0 Å². The van der Waals surface area contributed by atoms with Crippen molar-refractivity contribution in [2.75, 3.05) is 0 Å². The van der Waals surface area contributed by atoms with Crippen molar-refractivity contribution in [3.8, 4) is 0 Å². The van der Waals surface area contributed by atoms with E-state index in [1.165, 1.54) is 51.4 Å². The molecular weight excluding hydrogens is 270 g/mol. The van der Waals surface area contributed by atoms with Gasteiger partial charge in [0.05, 0.1) is 0 Å². The lowest BCUT2D eigenvalue weighted by molar-refractivity contribution is 0.474. The van der Waals surface area contributed by atoms with Crippen LogP contribution in [0.1, 0.15) is 76.3 Å². The smallest absolute Gasteiger partial charge is 0.129 e. The van der Waals surface area contributed by atoms with Gasteiger partial charge in [-0.25, -0.2) is 4.98 Å². The lowest BCUT2D eigenvalue weighted by Crippen LogP contribution is -2.28. The Balaban J connectivity index is 2.14. The first-order chi connectivity index (χ1) is 9.77. The van der Waals surface area contributed by atoms with Gasteiger partial charge in [0.15, 0.2) is 0 Å². The van der Waals surface area contributed by atoms with Crippen LogP contribution in [0.3, 0.4) is 0 Å². The molecule has 3 N–H and O–H groups in total. The van der Waals surface area contributed by atoms with Gasteiger partial charge in [-0.15, -0.1) is 0 Å². The Morgan fingerprint density at radius 3 is 2.30 bits per heavy atom. The summed E-state index contributed by atoms with van der Waals surface area (Å²) in [5, 5.41) is 0.525. The Morgan fingerprint density at radius 1 is 1.10 bits per heavy atom. The second kappa shape index (κ2) is 11.1. The van der Waals surface area contributed by atoms with Crippen LogP contribution >= 0.6 is 11.6 Å². The minimum Gasteiger partial charge on any atom is -0.271 e. The summed E-state index contributed by atoms with van der Waals surface area (Å²) in [7, 11) is 0. The van der Waals surface area contributed by atoms with Gasteiger partial charge in [-0.05, 0) is 18.1 Å². The molecule has 0 aliphatic carbocycles. The van der Waals surface area contributed by atoms with E-state index in [-0.39, 0.29) is 6.04 Å². The maximum atomic E-state index is 5.79.